The molecule has 0 bridgehead atoms. The van der Waals surface area contributed by atoms with Gasteiger partial charge in [0.2, 0.25) is 0 Å². The number of aliphatic hydroxyl groups excluding tert-OH is 1. The summed E-state index contributed by atoms with van der Waals surface area (Å²) in [6.07, 6.45) is 0.887. The first-order valence-corrected chi connectivity index (χ1v) is 7.31. The van der Waals surface area contributed by atoms with Gasteiger partial charge in [0, 0.05) is 32.2 Å². The van der Waals surface area contributed by atoms with E-state index in [0.29, 0.717) is 13.1 Å². The third kappa shape index (κ3) is 3.92. The number of urea groups is 1. The highest BCUT2D eigenvalue weighted by Crippen LogP contribution is 2.14. The summed E-state index contributed by atoms with van der Waals surface area (Å²) in [5.74, 6) is -0.434. The van der Waals surface area contributed by atoms with Gasteiger partial charge in [0.05, 0.1) is 12.3 Å². The van der Waals surface area contributed by atoms with Crippen molar-refractivity contribution in [1.29, 1.82) is 0 Å². The second kappa shape index (κ2) is 7.38. The molecule has 1 heterocycles. The van der Waals surface area contributed by atoms with Gasteiger partial charge >= 0.3 is 6.03 Å². The van der Waals surface area contributed by atoms with Crippen molar-refractivity contribution < 1.29 is 14.3 Å². The fourth-order valence-corrected chi connectivity index (χ4v) is 2.55. The van der Waals surface area contributed by atoms with Crippen molar-refractivity contribution in [2.24, 2.45) is 0 Å². The second-order valence-electron chi connectivity index (χ2n) is 5.18. The van der Waals surface area contributed by atoms with E-state index in [1.165, 1.54) is 6.07 Å². The SMILES string of the molecule is CCC(CO)N1CCN(C(=O)Nc2ccccc2F)CC1. The summed E-state index contributed by atoms with van der Waals surface area (Å²) in [5.41, 5.74) is 0.201. The van der Waals surface area contributed by atoms with Crippen LogP contribution in [0, 0.1) is 5.82 Å². The van der Waals surface area contributed by atoms with Gasteiger partial charge in [-0.15, -0.1) is 0 Å². The van der Waals surface area contributed by atoms with Crippen molar-refractivity contribution in [3.05, 3.63) is 30.1 Å². The van der Waals surface area contributed by atoms with E-state index < -0.39 is 5.82 Å². The predicted molar refractivity (Wildman–Crippen MR) is 79.7 cm³/mol. The molecule has 0 aliphatic carbocycles. The smallest absolute Gasteiger partial charge is 0.322 e. The lowest BCUT2D eigenvalue weighted by atomic mass is 10.2. The fraction of sp³-hybridized carbons (Fsp3) is 0.533. The molecule has 116 valence electrons. The maximum absolute atomic E-state index is 13.5. The first-order valence-electron chi connectivity index (χ1n) is 7.31. The molecule has 21 heavy (non-hydrogen) atoms. The number of nitrogens with zero attached hydrogens (tertiary/aromatic N) is 2. The topological polar surface area (TPSA) is 55.8 Å². The Hall–Kier alpha value is -1.66. The van der Waals surface area contributed by atoms with Crippen molar-refractivity contribution in [1.82, 2.24) is 9.80 Å². The van der Waals surface area contributed by atoms with Gasteiger partial charge in [0.1, 0.15) is 5.82 Å². The minimum absolute atomic E-state index is 0.137. The van der Waals surface area contributed by atoms with Gasteiger partial charge in [-0.25, -0.2) is 9.18 Å². The lowest BCUT2D eigenvalue weighted by Crippen LogP contribution is -2.53. The molecular weight excluding hydrogens is 273 g/mol. The number of benzene rings is 1. The Morgan fingerprint density at radius 1 is 1.33 bits per heavy atom. The van der Waals surface area contributed by atoms with Crippen LogP contribution in [0.3, 0.4) is 0 Å². The van der Waals surface area contributed by atoms with Gasteiger partial charge in [-0.1, -0.05) is 19.1 Å². The summed E-state index contributed by atoms with van der Waals surface area (Å²) in [5, 5.41) is 11.9. The van der Waals surface area contributed by atoms with Gasteiger partial charge in [-0.05, 0) is 18.6 Å². The monoisotopic (exact) mass is 295 g/mol. The van der Waals surface area contributed by atoms with Crippen molar-refractivity contribution >= 4 is 11.7 Å². The number of rotatable bonds is 4. The normalized spacial score (nSPS) is 17.6. The van der Waals surface area contributed by atoms with E-state index in [9.17, 15) is 14.3 Å². The van der Waals surface area contributed by atoms with Gasteiger partial charge in [-0.2, -0.15) is 0 Å². The van der Waals surface area contributed by atoms with E-state index in [4.69, 9.17) is 0 Å². The second-order valence-corrected chi connectivity index (χ2v) is 5.18. The number of hydrogen-bond donors (Lipinski definition) is 2. The number of para-hydroxylation sites is 1. The zero-order chi connectivity index (χ0) is 15.2. The number of piperazine rings is 1. The van der Waals surface area contributed by atoms with Crippen LogP contribution >= 0.6 is 0 Å². The Labute approximate surface area is 124 Å². The molecule has 0 radical (unpaired) electrons. The Morgan fingerprint density at radius 2 is 2.00 bits per heavy atom. The number of hydrogen-bond acceptors (Lipinski definition) is 3. The highest BCUT2D eigenvalue weighted by atomic mass is 19.1. The van der Waals surface area contributed by atoms with Crippen LogP contribution < -0.4 is 5.32 Å². The molecule has 2 N–H and O–H groups in total. The number of nitrogens with one attached hydrogen (secondary N) is 1. The molecule has 0 aromatic heterocycles. The van der Waals surface area contributed by atoms with Crippen LogP contribution in [0.5, 0.6) is 0 Å². The summed E-state index contributed by atoms with van der Waals surface area (Å²) >= 11 is 0. The van der Waals surface area contributed by atoms with Gasteiger partial charge < -0.3 is 15.3 Å². The number of carbonyl (C=O) groups is 1. The van der Waals surface area contributed by atoms with Crippen molar-refractivity contribution in [2.45, 2.75) is 19.4 Å². The van der Waals surface area contributed by atoms with E-state index in [-0.39, 0.29) is 24.4 Å². The Kier molecular flexibility index (Phi) is 5.52. The third-order valence-electron chi connectivity index (χ3n) is 3.92. The highest BCUT2D eigenvalue weighted by molar-refractivity contribution is 5.89. The van der Waals surface area contributed by atoms with Crippen molar-refractivity contribution in [2.75, 3.05) is 38.1 Å². The molecule has 1 aliphatic rings. The molecule has 2 amide bonds. The van der Waals surface area contributed by atoms with Crippen LogP contribution in [0.2, 0.25) is 0 Å². The molecule has 0 saturated carbocycles. The molecule has 1 fully saturated rings. The maximum Gasteiger partial charge on any atom is 0.322 e. The molecular formula is C15H22FN3O2. The van der Waals surface area contributed by atoms with Gasteiger partial charge in [0.15, 0.2) is 0 Å². The molecule has 1 aromatic carbocycles. The first kappa shape index (κ1) is 15.7. The lowest BCUT2D eigenvalue weighted by molar-refractivity contribution is 0.0766. The predicted octanol–water partition coefficient (Wildman–Crippen LogP) is 1.75. The van der Waals surface area contributed by atoms with Crippen molar-refractivity contribution in [3.63, 3.8) is 0 Å². The molecule has 1 atom stereocenters. The summed E-state index contributed by atoms with van der Waals surface area (Å²) in [4.78, 5) is 16.0. The average Bonchev–Trinajstić information content (AvgIpc) is 2.51. The molecule has 1 saturated heterocycles. The standard InChI is InChI=1S/C15H22FN3O2/c1-2-12(11-20)18-7-9-19(10-8-18)15(21)17-14-6-4-3-5-13(14)16/h3-6,12,20H,2,7-11H2,1H3,(H,17,21). The van der Waals surface area contributed by atoms with Crippen LogP contribution in [0.15, 0.2) is 24.3 Å². The van der Waals surface area contributed by atoms with E-state index in [0.717, 1.165) is 19.5 Å². The zero-order valence-corrected chi connectivity index (χ0v) is 12.3. The van der Waals surface area contributed by atoms with E-state index in [2.05, 4.69) is 10.2 Å². The number of aliphatic hydroxyl groups is 1. The lowest BCUT2D eigenvalue weighted by Gasteiger charge is -2.38. The molecule has 1 aliphatic heterocycles. The number of carbonyl (C=O) groups excluding carboxylic acids is 1. The Morgan fingerprint density at radius 3 is 2.57 bits per heavy atom. The molecule has 2 rings (SSSR count). The summed E-state index contributed by atoms with van der Waals surface area (Å²) in [7, 11) is 0. The molecule has 1 aromatic rings. The molecule has 1 unspecified atom stereocenters. The minimum Gasteiger partial charge on any atom is -0.395 e. The highest BCUT2D eigenvalue weighted by Gasteiger charge is 2.25. The van der Waals surface area contributed by atoms with Crippen LogP contribution in [0.4, 0.5) is 14.9 Å². The summed E-state index contributed by atoms with van der Waals surface area (Å²) < 4.78 is 13.5. The third-order valence-corrected chi connectivity index (χ3v) is 3.92. The number of amides is 2. The van der Waals surface area contributed by atoms with Gasteiger partial charge in [0.25, 0.3) is 0 Å². The van der Waals surface area contributed by atoms with Gasteiger partial charge in [-0.3, -0.25) is 4.90 Å². The van der Waals surface area contributed by atoms with Crippen LogP contribution in [-0.2, 0) is 0 Å². The Bertz CT molecular complexity index is 472. The molecule has 5 nitrogen and oxygen atoms in total. The zero-order valence-electron chi connectivity index (χ0n) is 12.3. The van der Waals surface area contributed by atoms with E-state index >= 15 is 0 Å². The summed E-state index contributed by atoms with van der Waals surface area (Å²) in [6, 6.07) is 6.01. The largest absolute Gasteiger partial charge is 0.395 e. The van der Waals surface area contributed by atoms with Crippen LogP contribution in [-0.4, -0.2) is 59.8 Å². The molecule has 0 spiro atoms. The van der Waals surface area contributed by atoms with Crippen molar-refractivity contribution in [3.8, 4) is 0 Å². The number of halogens is 1. The van der Waals surface area contributed by atoms with E-state index in [1.807, 2.05) is 6.92 Å². The molecule has 6 heteroatoms. The maximum atomic E-state index is 13.5. The fourth-order valence-electron chi connectivity index (χ4n) is 2.55. The minimum atomic E-state index is -0.434. The average molecular weight is 295 g/mol. The first-order chi connectivity index (χ1) is 10.2. The van der Waals surface area contributed by atoms with E-state index in [1.54, 1.807) is 23.1 Å². The van der Waals surface area contributed by atoms with Crippen LogP contribution in [0.25, 0.3) is 0 Å². The summed E-state index contributed by atoms with van der Waals surface area (Å²) in [6.45, 7) is 4.79. The number of anilines is 1. The Balaban J connectivity index is 1.87. The van der Waals surface area contributed by atoms with Crippen LogP contribution in [0.1, 0.15) is 13.3 Å². The quantitative estimate of drug-likeness (QED) is 0.890.